The highest BCUT2D eigenvalue weighted by molar-refractivity contribution is 7.25. The first-order valence-corrected chi connectivity index (χ1v) is 15.7. The van der Waals surface area contributed by atoms with E-state index >= 15 is 0 Å². The molecule has 9 aromatic rings. The van der Waals surface area contributed by atoms with E-state index < -0.39 is 0 Å². The first-order valence-electron chi connectivity index (χ1n) is 14.9. The lowest BCUT2D eigenvalue weighted by molar-refractivity contribution is 0.843. The van der Waals surface area contributed by atoms with Crippen LogP contribution in [0, 0.1) is 0 Å². The summed E-state index contributed by atoms with van der Waals surface area (Å²) in [5.74, 6) is 0. The number of hydrogen-bond donors (Lipinski definition) is 0. The van der Waals surface area contributed by atoms with E-state index in [4.69, 9.17) is 0 Å². The van der Waals surface area contributed by atoms with Gasteiger partial charge in [0.05, 0.1) is 16.4 Å². The third-order valence-electron chi connectivity index (χ3n) is 8.74. The van der Waals surface area contributed by atoms with Gasteiger partial charge in [0, 0.05) is 10.1 Å². The fourth-order valence-corrected chi connectivity index (χ4v) is 7.93. The number of hydrogen-bond acceptors (Lipinski definition) is 3. The van der Waals surface area contributed by atoms with Crippen LogP contribution in [0.5, 0.6) is 0 Å². The molecule has 0 N–H and O–H groups in total. The number of nitrogens with zero attached hydrogens (tertiary/aromatic N) is 2. The van der Waals surface area contributed by atoms with E-state index in [-0.39, 0.29) is 11.1 Å². The number of aromatic nitrogens is 2. The predicted octanol–water partition coefficient (Wildman–Crippen LogP) is 9.39. The first kappa shape index (κ1) is 25.7. The van der Waals surface area contributed by atoms with Crippen LogP contribution in [0.2, 0.25) is 0 Å². The molecule has 4 nitrogen and oxygen atoms in total. The highest BCUT2D eigenvalue weighted by Gasteiger charge is 2.25. The highest BCUT2D eigenvalue weighted by Crippen LogP contribution is 2.43. The van der Waals surface area contributed by atoms with Crippen LogP contribution in [0.25, 0.3) is 75.7 Å². The second-order valence-corrected chi connectivity index (χ2v) is 12.3. The van der Waals surface area contributed by atoms with Crippen LogP contribution in [0.4, 0.5) is 0 Å². The smallest absolute Gasteiger partial charge is 0.267 e. The summed E-state index contributed by atoms with van der Waals surface area (Å²) in [4.78, 5) is 28.4. The molecule has 0 aliphatic heterocycles. The Morgan fingerprint density at radius 1 is 0.422 bits per heavy atom. The Kier molecular flexibility index (Phi) is 5.64. The molecule has 0 unspecified atom stereocenters. The van der Waals surface area contributed by atoms with Crippen molar-refractivity contribution in [3.05, 3.63) is 166 Å². The second kappa shape index (κ2) is 9.88. The van der Waals surface area contributed by atoms with E-state index in [1.54, 1.807) is 0 Å². The fourth-order valence-electron chi connectivity index (χ4n) is 6.76. The zero-order chi connectivity index (χ0) is 30.1. The first-order chi connectivity index (χ1) is 22.2. The Balaban J connectivity index is 1.41. The molecule has 0 fully saturated rings. The summed E-state index contributed by atoms with van der Waals surface area (Å²) in [6.07, 6.45) is 0. The molecule has 0 aliphatic carbocycles. The van der Waals surface area contributed by atoms with E-state index in [0.29, 0.717) is 10.1 Å². The maximum atomic E-state index is 14.3. The largest absolute Gasteiger partial charge is 0.292 e. The van der Waals surface area contributed by atoms with Gasteiger partial charge in [0.2, 0.25) is 0 Å². The molecule has 0 saturated heterocycles. The van der Waals surface area contributed by atoms with Gasteiger partial charge in [-0.1, -0.05) is 127 Å². The molecule has 0 radical (unpaired) electrons. The Morgan fingerprint density at radius 2 is 1.00 bits per heavy atom. The Hall–Kier alpha value is -5.78. The standard InChI is InChI=1S/C40H24N2O2S/c43-39-35-31(30-20-11-10-19-29(30)26-15-6-2-7-16-26)21-12-22-33(35)41-37-36-32(27-17-8-3-9-18-27)23-28(25-13-4-1-5-14-25)24-34(36)45-38(37)40(44)42(39)41/h1-24H. The summed E-state index contributed by atoms with van der Waals surface area (Å²) in [5, 5.41) is 1.52. The van der Waals surface area contributed by atoms with Gasteiger partial charge in [-0.3, -0.25) is 9.59 Å². The monoisotopic (exact) mass is 596 g/mol. The van der Waals surface area contributed by atoms with Crippen LogP contribution in [-0.2, 0) is 0 Å². The van der Waals surface area contributed by atoms with Crippen LogP contribution in [-0.4, -0.2) is 9.03 Å². The fraction of sp³-hybridized carbons (Fsp3) is 0. The molecule has 3 heterocycles. The predicted molar refractivity (Wildman–Crippen MR) is 187 cm³/mol. The molecule has 0 amide bonds. The van der Waals surface area contributed by atoms with Crippen molar-refractivity contribution in [2.24, 2.45) is 0 Å². The topological polar surface area (TPSA) is 43.0 Å². The van der Waals surface area contributed by atoms with Crippen molar-refractivity contribution in [3.8, 4) is 44.5 Å². The molecular formula is C40H24N2O2S. The molecule has 3 aromatic heterocycles. The summed E-state index contributed by atoms with van der Waals surface area (Å²) < 4.78 is 4.79. The zero-order valence-electron chi connectivity index (χ0n) is 24.0. The second-order valence-electron chi connectivity index (χ2n) is 11.3. The van der Waals surface area contributed by atoms with Gasteiger partial charge in [-0.05, 0) is 62.7 Å². The maximum absolute atomic E-state index is 14.3. The molecule has 0 bridgehead atoms. The van der Waals surface area contributed by atoms with Crippen LogP contribution in [0.15, 0.2) is 155 Å². The normalized spacial score (nSPS) is 11.7. The summed E-state index contributed by atoms with van der Waals surface area (Å²) >= 11 is 1.46. The van der Waals surface area contributed by atoms with Gasteiger partial charge in [-0.15, -0.1) is 11.3 Å². The van der Waals surface area contributed by atoms with E-state index in [0.717, 1.165) is 65.6 Å². The van der Waals surface area contributed by atoms with Crippen molar-refractivity contribution in [1.29, 1.82) is 0 Å². The molecule has 212 valence electrons. The number of fused-ring (bicyclic) bond motifs is 7. The number of rotatable bonds is 4. The van der Waals surface area contributed by atoms with E-state index in [1.165, 1.54) is 15.9 Å². The van der Waals surface area contributed by atoms with Gasteiger partial charge < -0.3 is 0 Å². The molecule has 6 aromatic carbocycles. The number of thiophene rings is 1. The third-order valence-corrected chi connectivity index (χ3v) is 9.85. The molecule has 0 atom stereocenters. The molecule has 45 heavy (non-hydrogen) atoms. The van der Waals surface area contributed by atoms with Crippen molar-refractivity contribution >= 4 is 42.5 Å². The van der Waals surface area contributed by atoms with Gasteiger partial charge in [-0.25, -0.2) is 4.52 Å². The van der Waals surface area contributed by atoms with Gasteiger partial charge in [0.15, 0.2) is 0 Å². The number of benzene rings is 6. The average Bonchev–Trinajstić information content (AvgIpc) is 3.72. The Bertz CT molecular complexity index is 2670. The zero-order valence-corrected chi connectivity index (χ0v) is 24.8. The van der Waals surface area contributed by atoms with Crippen LogP contribution in [0.3, 0.4) is 0 Å². The van der Waals surface area contributed by atoms with Gasteiger partial charge in [0.1, 0.15) is 4.70 Å². The Morgan fingerprint density at radius 3 is 1.69 bits per heavy atom. The van der Waals surface area contributed by atoms with Crippen molar-refractivity contribution < 1.29 is 0 Å². The molecule has 0 aliphatic rings. The minimum Gasteiger partial charge on any atom is -0.267 e. The molecular weight excluding hydrogens is 573 g/mol. The van der Waals surface area contributed by atoms with Crippen molar-refractivity contribution in [2.45, 2.75) is 0 Å². The third kappa shape index (κ3) is 3.78. The van der Waals surface area contributed by atoms with Crippen molar-refractivity contribution in [1.82, 2.24) is 9.03 Å². The quantitative estimate of drug-likeness (QED) is 0.203. The summed E-state index contributed by atoms with van der Waals surface area (Å²) in [6.45, 7) is 0. The average molecular weight is 597 g/mol. The molecule has 9 rings (SSSR count). The van der Waals surface area contributed by atoms with Crippen LogP contribution >= 0.6 is 11.3 Å². The van der Waals surface area contributed by atoms with E-state index in [1.807, 2.05) is 89.4 Å². The summed E-state index contributed by atoms with van der Waals surface area (Å²) in [7, 11) is 0. The minimum atomic E-state index is -0.299. The Labute approximate surface area is 261 Å². The van der Waals surface area contributed by atoms with Crippen LogP contribution in [0.1, 0.15) is 0 Å². The highest BCUT2D eigenvalue weighted by atomic mass is 32.1. The van der Waals surface area contributed by atoms with Gasteiger partial charge in [-0.2, -0.15) is 4.52 Å². The summed E-state index contributed by atoms with van der Waals surface area (Å²) in [6, 6.07) is 49.2. The van der Waals surface area contributed by atoms with Gasteiger partial charge in [0.25, 0.3) is 11.1 Å². The lowest BCUT2D eigenvalue weighted by Gasteiger charge is -2.11. The molecule has 5 heteroatoms. The van der Waals surface area contributed by atoms with Gasteiger partial charge >= 0.3 is 0 Å². The molecule has 0 saturated carbocycles. The minimum absolute atomic E-state index is 0.282. The van der Waals surface area contributed by atoms with Crippen molar-refractivity contribution in [3.63, 3.8) is 0 Å². The van der Waals surface area contributed by atoms with Crippen molar-refractivity contribution in [2.75, 3.05) is 0 Å². The van der Waals surface area contributed by atoms with Crippen LogP contribution < -0.4 is 11.1 Å². The maximum Gasteiger partial charge on any atom is 0.292 e. The lowest BCUT2D eigenvalue weighted by atomic mass is 9.93. The molecule has 0 spiro atoms. The lowest BCUT2D eigenvalue weighted by Crippen LogP contribution is -2.21. The van der Waals surface area contributed by atoms with E-state index in [9.17, 15) is 9.59 Å². The summed E-state index contributed by atoms with van der Waals surface area (Å²) in [5.41, 5.74) is 9.08. The SMILES string of the molecule is O=c1c2sc3cc(-c4ccccc4)cc(-c4ccccc4)c3c2n2c3cccc(-c4ccccc4-c4ccccc4)c3c(=O)n12. The van der Waals surface area contributed by atoms with E-state index in [2.05, 4.69) is 60.7 Å².